The van der Waals surface area contributed by atoms with Gasteiger partial charge in [-0.1, -0.05) is 23.7 Å². The number of nitrogens with one attached hydrogen (secondary N) is 1. The summed E-state index contributed by atoms with van der Waals surface area (Å²) in [6.07, 6.45) is 0. The first-order valence-corrected chi connectivity index (χ1v) is 12.3. The molecule has 0 spiro atoms. The van der Waals surface area contributed by atoms with Gasteiger partial charge in [-0.3, -0.25) is 4.79 Å². The lowest BCUT2D eigenvalue weighted by molar-refractivity contribution is 0.0730. The molecule has 7 nitrogen and oxygen atoms in total. The number of carbonyl (C=O) groups is 1. The van der Waals surface area contributed by atoms with E-state index in [9.17, 15) is 13.2 Å². The molecule has 31 heavy (non-hydrogen) atoms. The van der Waals surface area contributed by atoms with Crippen LogP contribution in [0.15, 0.2) is 52.7 Å². The third kappa shape index (κ3) is 4.81. The Labute approximate surface area is 189 Å². The van der Waals surface area contributed by atoms with Crippen LogP contribution in [0.1, 0.15) is 15.4 Å². The number of aryl methyl sites for hydroxylation is 1. The first-order chi connectivity index (χ1) is 14.8. The molecule has 1 aliphatic heterocycles. The summed E-state index contributed by atoms with van der Waals surface area (Å²) in [5.41, 5.74) is 2.48. The number of sulfonamides is 1. The van der Waals surface area contributed by atoms with Gasteiger partial charge in [-0.15, -0.1) is 11.3 Å². The molecule has 1 fully saturated rings. The van der Waals surface area contributed by atoms with Gasteiger partial charge in [0.05, 0.1) is 39.4 Å². The molecule has 0 aliphatic carbocycles. The molecule has 4 rings (SSSR count). The van der Waals surface area contributed by atoms with Crippen LogP contribution in [-0.4, -0.2) is 49.9 Å². The second-order valence-corrected chi connectivity index (χ2v) is 10.3. The lowest BCUT2D eigenvalue weighted by Gasteiger charge is -2.26. The Morgan fingerprint density at radius 2 is 1.87 bits per heavy atom. The zero-order valence-electron chi connectivity index (χ0n) is 16.7. The number of rotatable bonds is 5. The minimum Gasteiger partial charge on any atom is -0.379 e. The standard InChI is InChI=1S/C21H20ClN3O4S2/c1-14-23-20(13-30-14)15-2-4-16(5-3-15)24-21(26)18-12-17(6-7-19(18)22)31(27,28)25-8-10-29-11-9-25/h2-7,12-13H,8-11H2,1H3,(H,24,26). The summed E-state index contributed by atoms with van der Waals surface area (Å²) in [5.74, 6) is -0.485. The van der Waals surface area contributed by atoms with Crippen LogP contribution in [-0.2, 0) is 14.8 Å². The van der Waals surface area contributed by atoms with E-state index in [1.165, 1.54) is 22.5 Å². The molecular formula is C21H20ClN3O4S2. The van der Waals surface area contributed by atoms with Crippen LogP contribution in [0.4, 0.5) is 5.69 Å². The fourth-order valence-electron chi connectivity index (χ4n) is 3.19. The van der Waals surface area contributed by atoms with E-state index in [0.29, 0.717) is 18.9 Å². The predicted octanol–water partition coefficient (Wildman–Crippen LogP) is 4.05. The van der Waals surface area contributed by atoms with Crippen LogP contribution in [0.3, 0.4) is 0 Å². The highest BCUT2D eigenvalue weighted by molar-refractivity contribution is 7.89. The maximum absolute atomic E-state index is 12.9. The number of amides is 1. The lowest BCUT2D eigenvalue weighted by Crippen LogP contribution is -2.40. The van der Waals surface area contributed by atoms with E-state index in [1.54, 1.807) is 23.5 Å². The Morgan fingerprint density at radius 1 is 1.16 bits per heavy atom. The summed E-state index contributed by atoms with van der Waals surface area (Å²) in [6, 6.07) is 11.4. The maximum atomic E-state index is 12.9. The molecule has 1 N–H and O–H groups in total. The van der Waals surface area contributed by atoms with E-state index in [-0.39, 0.29) is 28.6 Å². The van der Waals surface area contributed by atoms with Crippen LogP contribution in [0.25, 0.3) is 11.3 Å². The fourth-order valence-corrected chi connectivity index (χ4v) is 5.45. The minimum absolute atomic E-state index is 0.0261. The van der Waals surface area contributed by atoms with Gasteiger partial charge in [0.15, 0.2) is 0 Å². The van der Waals surface area contributed by atoms with E-state index >= 15 is 0 Å². The number of hydrogen-bond acceptors (Lipinski definition) is 6. The summed E-state index contributed by atoms with van der Waals surface area (Å²) >= 11 is 7.78. The molecule has 0 bridgehead atoms. The molecule has 0 atom stereocenters. The highest BCUT2D eigenvalue weighted by Crippen LogP contribution is 2.26. The van der Waals surface area contributed by atoms with Gasteiger partial charge in [0.25, 0.3) is 5.91 Å². The molecule has 1 aromatic heterocycles. The summed E-state index contributed by atoms with van der Waals surface area (Å²) in [4.78, 5) is 17.3. The zero-order chi connectivity index (χ0) is 22.0. The van der Waals surface area contributed by atoms with Crippen molar-refractivity contribution in [3.63, 3.8) is 0 Å². The van der Waals surface area contributed by atoms with Crippen molar-refractivity contribution in [2.75, 3.05) is 31.6 Å². The number of halogens is 1. The summed E-state index contributed by atoms with van der Waals surface area (Å²) in [7, 11) is -3.73. The molecule has 1 saturated heterocycles. The summed E-state index contributed by atoms with van der Waals surface area (Å²) in [6.45, 7) is 3.18. The molecule has 0 saturated carbocycles. The number of aromatic nitrogens is 1. The topological polar surface area (TPSA) is 88.6 Å². The Kier molecular flexibility index (Phi) is 6.40. The van der Waals surface area contributed by atoms with E-state index in [1.807, 2.05) is 24.4 Å². The van der Waals surface area contributed by atoms with Crippen molar-refractivity contribution in [3.8, 4) is 11.3 Å². The van der Waals surface area contributed by atoms with Gasteiger partial charge >= 0.3 is 0 Å². The SMILES string of the molecule is Cc1nc(-c2ccc(NC(=O)c3cc(S(=O)(=O)N4CCOCC4)ccc3Cl)cc2)cs1. The van der Waals surface area contributed by atoms with Gasteiger partial charge in [0.2, 0.25) is 10.0 Å². The molecule has 2 aromatic carbocycles. The largest absolute Gasteiger partial charge is 0.379 e. The first-order valence-electron chi connectivity index (χ1n) is 9.56. The van der Waals surface area contributed by atoms with E-state index < -0.39 is 15.9 Å². The van der Waals surface area contributed by atoms with Gasteiger partial charge in [-0.2, -0.15) is 4.31 Å². The molecule has 1 amide bonds. The lowest BCUT2D eigenvalue weighted by atomic mass is 10.1. The van der Waals surface area contributed by atoms with E-state index in [0.717, 1.165) is 16.3 Å². The maximum Gasteiger partial charge on any atom is 0.257 e. The fraction of sp³-hybridized carbons (Fsp3) is 0.238. The number of hydrogen-bond donors (Lipinski definition) is 1. The van der Waals surface area contributed by atoms with E-state index in [2.05, 4.69) is 10.3 Å². The Morgan fingerprint density at radius 3 is 2.52 bits per heavy atom. The molecule has 3 aromatic rings. The van der Waals surface area contributed by atoms with E-state index in [4.69, 9.17) is 16.3 Å². The van der Waals surface area contributed by atoms with Crippen molar-refractivity contribution in [3.05, 3.63) is 63.4 Å². The van der Waals surface area contributed by atoms with Crippen LogP contribution < -0.4 is 5.32 Å². The quantitative estimate of drug-likeness (QED) is 0.599. The van der Waals surface area contributed by atoms with Gasteiger partial charge in [0.1, 0.15) is 0 Å². The second kappa shape index (κ2) is 9.05. The highest BCUT2D eigenvalue weighted by Gasteiger charge is 2.27. The number of ether oxygens (including phenoxy) is 1. The number of anilines is 1. The second-order valence-electron chi connectivity index (χ2n) is 6.94. The van der Waals surface area contributed by atoms with Gasteiger partial charge < -0.3 is 10.1 Å². The molecule has 1 aliphatic rings. The third-order valence-corrected chi connectivity index (χ3v) is 7.85. The number of morpholine rings is 1. The Balaban J connectivity index is 1.54. The van der Waals surface area contributed by atoms with Crippen molar-refractivity contribution in [2.45, 2.75) is 11.8 Å². The van der Waals surface area contributed by atoms with Crippen LogP contribution in [0, 0.1) is 6.92 Å². The van der Waals surface area contributed by atoms with Gasteiger partial charge in [-0.25, -0.2) is 13.4 Å². The predicted molar refractivity (Wildman–Crippen MR) is 121 cm³/mol. The van der Waals surface area contributed by atoms with Crippen LogP contribution >= 0.6 is 22.9 Å². The normalized spacial score (nSPS) is 15.0. The average molecular weight is 478 g/mol. The summed E-state index contributed by atoms with van der Waals surface area (Å²) < 4.78 is 32.4. The Bertz CT molecular complexity index is 1200. The number of thiazole rings is 1. The number of nitrogens with zero attached hydrogens (tertiary/aromatic N) is 2. The Hall–Kier alpha value is -2.30. The molecule has 2 heterocycles. The third-order valence-electron chi connectivity index (χ3n) is 4.85. The van der Waals surface area contributed by atoms with Crippen molar-refractivity contribution in [1.29, 1.82) is 0 Å². The molecule has 0 unspecified atom stereocenters. The van der Waals surface area contributed by atoms with Crippen LogP contribution in [0.2, 0.25) is 5.02 Å². The number of benzene rings is 2. The number of carbonyl (C=O) groups excluding carboxylic acids is 1. The van der Waals surface area contributed by atoms with Crippen molar-refractivity contribution in [2.24, 2.45) is 0 Å². The zero-order valence-corrected chi connectivity index (χ0v) is 19.1. The van der Waals surface area contributed by atoms with Gasteiger partial charge in [0, 0.05) is 29.7 Å². The average Bonchev–Trinajstić information content (AvgIpc) is 3.21. The van der Waals surface area contributed by atoms with Crippen molar-refractivity contribution < 1.29 is 17.9 Å². The molecule has 10 heteroatoms. The van der Waals surface area contributed by atoms with Crippen LogP contribution in [0.5, 0.6) is 0 Å². The molecular weight excluding hydrogens is 458 g/mol. The molecule has 0 radical (unpaired) electrons. The smallest absolute Gasteiger partial charge is 0.257 e. The molecule has 162 valence electrons. The first kappa shape index (κ1) is 21.9. The monoisotopic (exact) mass is 477 g/mol. The van der Waals surface area contributed by atoms with Crippen molar-refractivity contribution in [1.82, 2.24) is 9.29 Å². The van der Waals surface area contributed by atoms with Gasteiger partial charge in [-0.05, 0) is 37.3 Å². The summed E-state index contributed by atoms with van der Waals surface area (Å²) in [5, 5.41) is 5.90. The minimum atomic E-state index is -3.73. The highest BCUT2D eigenvalue weighted by atomic mass is 35.5. The van der Waals surface area contributed by atoms with Crippen molar-refractivity contribution >= 4 is 44.6 Å².